The molecule has 0 spiro atoms. The van der Waals surface area contributed by atoms with Crippen molar-refractivity contribution in [3.05, 3.63) is 40.5 Å². The highest BCUT2D eigenvalue weighted by Crippen LogP contribution is 2.41. The van der Waals surface area contributed by atoms with E-state index in [-0.39, 0.29) is 41.5 Å². The van der Waals surface area contributed by atoms with Crippen molar-refractivity contribution >= 4 is 39.0 Å². The van der Waals surface area contributed by atoms with Crippen LogP contribution >= 0.6 is 11.3 Å². The van der Waals surface area contributed by atoms with Crippen LogP contribution in [0, 0.1) is 0 Å². The molecule has 0 aliphatic carbocycles. The van der Waals surface area contributed by atoms with Crippen molar-refractivity contribution in [3.63, 3.8) is 0 Å². The standard InChI is InChI=1S/C20H19F5N2O5S2/c21-19(22,20(23,24)25)7-6-13-2-1-3-14(26-12-13)15-4-5-16(33-15)34(30,31)18(17(28)27-29)8-10-32-11-9-18/h1,3-5,12,29H,6-11H2,(H,27,28). The summed E-state index contributed by atoms with van der Waals surface area (Å²) in [5.41, 5.74) is 4.24. The minimum atomic E-state index is -5.66. The number of rotatable bonds is 7. The lowest BCUT2D eigenvalue weighted by Gasteiger charge is -2.33. The van der Waals surface area contributed by atoms with E-state index >= 15 is 0 Å². The van der Waals surface area contributed by atoms with E-state index < -0.39 is 45.4 Å². The average Bonchev–Trinajstić information content (AvgIpc) is 3.17. The number of sulfone groups is 1. The Morgan fingerprint density at radius 3 is 2.53 bits per heavy atom. The quantitative estimate of drug-likeness (QED) is 0.241. The maximum absolute atomic E-state index is 13.3. The number of carbonyl (C=O) groups excluding carboxylic acids is 1. The van der Waals surface area contributed by atoms with Gasteiger partial charge in [0.2, 0.25) is 9.84 Å². The molecule has 34 heavy (non-hydrogen) atoms. The molecule has 186 valence electrons. The third kappa shape index (κ3) is 5.01. The molecule has 1 aromatic rings. The smallest absolute Gasteiger partial charge is 0.381 e. The van der Waals surface area contributed by atoms with Gasteiger partial charge in [-0.15, -0.1) is 17.1 Å². The summed E-state index contributed by atoms with van der Waals surface area (Å²) < 4.78 is 93.2. The number of allylic oxidation sites excluding steroid dienone is 2. The zero-order valence-corrected chi connectivity index (χ0v) is 19.0. The number of aliphatic imine (C=N–C) groups is 1. The molecule has 0 unspecified atom stereocenters. The Balaban J connectivity index is 1.79. The number of halogens is 5. The monoisotopic (exact) mass is 526 g/mol. The van der Waals surface area contributed by atoms with Gasteiger partial charge in [0.25, 0.3) is 5.91 Å². The van der Waals surface area contributed by atoms with Crippen LogP contribution in [-0.2, 0) is 19.4 Å². The molecule has 7 nitrogen and oxygen atoms in total. The van der Waals surface area contributed by atoms with E-state index in [0.29, 0.717) is 4.88 Å². The van der Waals surface area contributed by atoms with E-state index in [1.807, 2.05) is 0 Å². The van der Waals surface area contributed by atoms with Gasteiger partial charge in [0.1, 0.15) is 4.21 Å². The molecule has 0 bridgehead atoms. The summed E-state index contributed by atoms with van der Waals surface area (Å²) in [6.45, 7) is 0.0138. The van der Waals surface area contributed by atoms with Gasteiger partial charge >= 0.3 is 12.1 Å². The van der Waals surface area contributed by atoms with Crippen LogP contribution in [0.3, 0.4) is 0 Å². The van der Waals surface area contributed by atoms with Gasteiger partial charge in [-0.25, -0.2) is 13.9 Å². The molecule has 0 saturated carbocycles. The molecule has 3 rings (SSSR count). The molecule has 1 aromatic heterocycles. The second-order valence-corrected chi connectivity index (χ2v) is 11.1. The lowest BCUT2D eigenvalue weighted by molar-refractivity contribution is -0.283. The summed E-state index contributed by atoms with van der Waals surface area (Å²) in [6, 6.07) is 2.71. The zero-order chi connectivity index (χ0) is 25.2. The van der Waals surface area contributed by atoms with Crippen LogP contribution in [0.15, 0.2) is 44.8 Å². The van der Waals surface area contributed by atoms with Crippen molar-refractivity contribution in [3.8, 4) is 0 Å². The highest BCUT2D eigenvalue weighted by atomic mass is 32.2. The van der Waals surface area contributed by atoms with Crippen molar-refractivity contribution in [1.29, 1.82) is 0 Å². The predicted octanol–water partition coefficient (Wildman–Crippen LogP) is 4.06. The maximum atomic E-state index is 13.3. The van der Waals surface area contributed by atoms with Gasteiger partial charge in [-0.2, -0.15) is 22.0 Å². The summed E-state index contributed by atoms with van der Waals surface area (Å²) in [5, 5.41) is 9.11. The Labute approximate surface area is 195 Å². The highest BCUT2D eigenvalue weighted by molar-refractivity contribution is 7.95. The van der Waals surface area contributed by atoms with Crippen LogP contribution in [0.1, 0.15) is 30.6 Å². The molecular formula is C20H19F5N2O5S2. The number of carbonyl (C=O) groups is 1. The molecule has 1 amide bonds. The number of hydrogen-bond acceptors (Lipinski definition) is 7. The summed E-state index contributed by atoms with van der Waals surface area (Å²) in [5.74, 6) is -5.92. The molecule has 2 N–H and O–H groups in total. The number of hydroxylamine groups is 1. The Morgan fingerprint density at radius 1 is 1.24 bits per heavy atom. The molecule has 1 saturated heterocycles. The van der Waals surface area contributed by atoms with Gasteiger partial charge in [0.05, 0.1) is 10.6 Å². The molecule has 3 heterocycles. The van der Waals surface area contributed by atoms with Crippen LogP contribution < -0.4 is 5.48 Å². The van der Waals surface area contributed by atoms with E-state index in [2.05, 4.69) is 10.7 Å². The number of nitrogens with zero attached hydrogens (tertiary/aromatic N) is 1. The van der Waals surface area contributed by atoms with Crippen LogP contribution in [0.2, 0.25) is 0 Å². The van der Waals surface area contributed by atoms with Crippen molar-refractivity contribution in [1.82, 2.24) is 5.48 Å². The number of alkyl halides is 5. The first-order valence-electron chi connectivity index (χ1n) is 9.86. The molecule has 14 heteroatoms. The maximum Gasteiger partial charge on any atom is 0.453 e. The largest absolute Gasteiger partial charge is 0.453 e. The normalized spacial score (nSPS) is 18.8. The first-order chi connectivity index (χ1) is 15.8. The Morgan fingerprint density at radius 2 is 1.91 bits per heavy atom. The fourth-order valence-corrected chi connectivity index (χ4v) is 6.91. The SMILES string of the molecule is O=C(NO)C1(S(=O)(=O)c2ccc(C3=CC=C=C(CCC(F)(F)C(F)(F)F)C=N3)s2)CCOCC1. The fraction of sp³-hybridized carbons (Fsp3) is 0.450. The number of nitrogens with one attached hydrogen (secondary N) is 1. The van der Waals surface area contributed by atoms with Crippen molar-refractivity contribution in [2.24, 2.45) is 4.99 Å². The molecule has 2 aliphatic rings. The van der Waals surface area contributed by atoms with E-state index in [4.69, 9.17) is 9.94 Å². The van der Waals surface area contributed by atoms with E-state index in [1.54, 1.807) is 0 Å². The number of ether oxygens (including phenoxy) is 1. The van der Waals surface area contributed by atoms with Crippen LogP contribution in [0.4, 0.5) is 22.0 Å². The molecule has 0 atom stereocenters. The zero-order valence-electron chi connectivity index (χ0n) is 17.4. The first kappa shape index (κ1) is 26.2. The third-order valence-electron chi connectivity index (χ3n) is 5.42. The van der Waals surface area contributed by atoms with Gasteiger partial charge in [-0.3, -0.25) is 15.0 Å². The molecule has 2 aliphatic heterocycles. The Kier molecular flexibility index (Phi) is 7.48. The van der Waals surface area contributed by atoms with Crippen molar-refractivity contribution in [2.75, 3.05) is 13.2 Å². The molecule has 0 aromatic carbocycles. The van der Waals surface area contributed by atoms with Gasteiger partial charge in [-0.05, 0) is 43.5 Å². The van der Waals surface area contributed by atoms with E-state index in [9.17, 15) is 35.2 Å². The number of hydrogen-bond donors (Lipinski definition) is 2. The lowest BCUT2D eigenvalue weighted by atomic mass is 9.98. The van der Waals surface area contributed by atoms with Gasteiger partial charge < -0.3 is 4.74 Å². The van der Waals surface area contributed by atoms with Crippen LogP contribution in [0.5, 0.6) is 0 Å². The number of amides is 1. The van der Waals surface area contributed by atoms with Gasteiger partial charge in [0, 0.05) is 31.4 Å². The minimum Gasteiger partial charge on any atom is -0.381 e. The van der Waals surface area contributed by atoms with Crippen LogP contribution in [0.25, 0.3) is 5.70 Å². The fourth-order valence-electron chi connectivity index (χ4n) is 3.39. The second-order valence-electron chi connectivity index (χ2n) is 7.52. The van der Waals surface area contributed by atoms with Crippen molar-refractivity contribution < 1.29 is 45.1 Å². The molecule has 1 fully saturated rings. The predicted molar refractivity (Wildman–Crippen MR) is 113 cm³/mol. The highest BCUT2D eigenvalue weighted by Gasteiger charge is 2.56. The summed E-state index contributed by atoms with van der Waals surface area (Å²) in [4.78, 5) is 16.7. The van der Waals surface area contributed by atoms with E-state index in [1.165, 1.54) is 29.8 Å². The average molecular weight is 527 g/mol. The minimum absolute atomic E-state index is 0.00690. The van der Waals surface area contributed by atoms with Gasteiger partial charge in [-0.1, -0.05) is 0 Å². The van der Waals surface area contributed by atoms with Gasteiger partial charge in [0.15, 0.2) is 4.75 Å². The Hall–Kier alpha value is -2.38. The topological polar surface area (TPSA) is 105 Å². The lowest BCUT2D eigenvalue weighted by Crippen LogP contribution is -2.54. The summed E-state index contributed by atoms with van der Waals surface area (Å²) >= 11 is 0.800. The first-order valence-corrected chi connectivity index (χ1v) is 12.2. The second kappa shape index (κ2) is 9.70. The summed E-state index contributed by atoms with van der Waals surface area (Å²) in [7, 11) is -4.25. The Bertz CT molecular complexity index is 1170. The third-order valence-corrected chi connectivity index (χ3v) is 9.52. The number of thiophene rings is 1. The van der Waals surface area contributed by atoms with Crippen molar-refractivity contribution in [2.45, 2.75) is 46.7 Å². The van der Waals surface area contributed by atoms with E-state index in [0.717, 1.165) is 17.6 Å². The molecule has 0 radical (unpaired) electrons. The molecular weight excluding hydrogens is 507 g/mol. The summed E-state index contributed by atoms with van der Waals surface area (Å²) in [6.07, 6.45) is -4.28. The van der Waals surface area contributed by atoms with Crippen LogP contribution in [-0.4, -0.2) is 55.8 Å².